The average Bonchev–Trinajstić information content (AvgIpc) is 2.17. The molecule has 0 amide bonds. The van der Waals surface area contributed by atoms with Crippen molar-refractivity contribution in [3.05, 3.63) is 29.6 Å². The van der Waals surface area contributed by atoms with E-state index in [0.29, 0.717) is 11.3 Å². The number of ether oxygens (including phenoxy) is 1. The minimum absolute atomic E-state index is 0.405. The predicted octanol–water partition coefficient (Wildman–Crippen LogP) is 1.63. The Morgan fingerprint density at radius 3 is 3.07 bits per heavy atom. The van der Waals surface area contributed by atoms with Gasteiger partial charge in [-0.15, -0.1) is 6.42 Å². The van der Waals surface area contributed by atoms with Crippen molar-refractivity contribution in [2.75, 3.05) is 0 Å². The number of carbonyl (C=O) groups is 1. The summed E-state index contributed by atoms with van der Waals surface area (Å²) in [6.07, 6.45) is 5.01. The molecule has 0 aromatic carbocycles. The first-order valence-electron chi connectivity index (χ1n) is 4.59. The van der Waals surface area contributed by atoms with Crippen LogP contribution >= 0.6 is 0 Å². The maximum Gasteiger partial charge on any atom is 0.304 e. The molecule has 0 saturated carbocycles. The van der Waals surface area contributed by atoms with E-state index in [-0.39, 0.29) is 0 Å². The topological polar surface area (TPSA) is 39.2 Å². The minimum Gasteiger partial charge on any atom is -0.444 e. The standard InChI is InChI=1S/C11H11NO2/c1-4-11(14-9(3)13)10-6-5-7-12-8(10)2/h1,5-7,11H,2-3H3/i11D. The Balaban J connectivity index is 3.18. The van der Waals surface area contributed by atoms with Crippen LogP contribution in [0.3, 0.4) is 0 Å². The van der Waals surface area contributed by atoms with E-state index in [1.54, 1.807) is 25.3 Å². The lowest BCUT2D eigenvalue weighted by Gasteiger charge is -2.12. The highest BCUT2D eigenvalue weighted by atomic mass is 16.5. The van der Waals surface area contributed by atoms with Crippen LogP contribution in [-0.4, -0.2) is 11.0 Å². The molecule has 0 spiro atoms. The highest BCUT2D eigenvalue weighted by Gasteiger charge is 2.13. The number of aryl methyl sites for hydroxylation is 1. The Kier molecular flexibility index (Phi) is 2.77. The smallest absolute Gasteiger partial charge is 0.304 e. The molecule has 1 unspecified atom stereocenters. The van der Waals surface area contributed by atoms with Gasteiger partial charge in [-0.3, -0.25) is 9.78 Å². The Bertz CT molecular complexity index is 425. The third-order valence-electron chi connectivity index (χ3n) is 1.63. The molecule has 1 heterocycles. The first-order valence-corrected chi connectivity index (χ1v) is 4.09. The van der Waals surface area contributed by atoms with E-state index in [9.17, 15) is 4.79 Å². The molecular formula is C11H11NO2. The van der Waals surface area contributed by atoms with E-state index in [0.717, 1.165) is 0 Å². The van der Waals surface area contributed by atoms with Crippen LogP contribution in [0.1, 0.15) is 25.6 Å². The van der Waals surface area contributed by atoms with Crippen LogP contribution in [0.15, 0.2) is 18.3 Å². The third kappa shape index (κ3) is 2.33. The molecule has 0 aliphatic heterocycles. The minimum atomic E-state index is -1.79. The third-order valence-corrected chi connectivity index (χ3v) is 1.63. The van der Waals surface area contributed by atoms with Crippen molar-refractivity contribution in [3.63, 3.8) is 0 Å². The lowest BCUT2D eigenvalue weighted by molar-refractivity contribution is -0.144. The predicted molar refractivity (Wildman–Crippen MR) is 52.3 cm³/mol. The SMILES string of the molecule is [2H]C(C#C)(OC(C)=O)c1cccnc1C. The lowest BCUT2D eigenvalue weighted by atomic mass is 10.1. The van der Waals surface area contributed by atoms with E-state index in [4.69, 9.17) is 12.5 Å². The molecule has 72 valence electrons. The summed E-state index contributed by atoms with van der Waals surface area (Å²) in [5.74, 6) is 1.56. The molecule has 0 saturated heterocycles. The first-order chi connectivity index (χ1) is 6.99. The molecule has 0 radical (unpaired) electrons. The van der Waals surface area contributed by atoms with Crippen molar-refractivity contribution in [1.82, 2.24) is 4.98 Å². The molecule has 0 aliphatic carbocycles. The van der Waals surface area contributed by atoms with Gasteiger partial charge in [-0.05, 0) is 13.0 Å². The van der Waals surface area contributed by atoms with Crippen LogP contribution in [0.4, 0.5) is 0 Å². The average molecular weight is 190 g/mol. The van der Waals surface area contributed by atoms with Crippen molar-refractivity contribution in [2.45, 2.75) is 19.9 Å². The summed E-state index contributed by atoms with van der Waals surface area (Å²) in [5.41, 5.74) is 0.981. The fourth-order valence-corrected chi connectivity index (χ4v) is 1.03. The molecular weight excluding hydrogens is 178 g/mol. The molecule has 14 heavy (non-hydrogen) atoms. The number of hydrogen-bond acceptors (Lipinski definition) is 3. The van der Waals surface area contributed by atoms with E-state index in [2.05, 4.69) is 10.9 Å². The van der Waals surface area contributed by atoms with Gasteiger partial charge in [0.2, 0.25) is 0 Å². The molecule has 1 aromatic rings. The van der Waals surface area contributed by atoms with Gasteiger partial charge in [0.15, 0.2) is 6.08 Å². The zero-order valence-electron chi connectivity index (χ0n) is 9.07. The molecule has 1 rings (SSSR count). The molecule has 0 bridgehead atoms. The van der Waals surface area contributed by atoms with E-state index >= 15 is 0 Å². The van der Waals surface area contributed by atoms with Gasteiger partial charge in [-0.2, -0.15) is 0 Å². The second kappa shape index (κ2) is 4.43. The number of carbonyl (C=O) groups excluding carboxylic acids is 1. The van der Waals surface area contributed by atoms with Gasteiger partial charge in [0.1, 0.15) is 0 Å². The van der Waals surface area contributed by atoms with Crippen molar-refractivity contribution < 1.29 is 10.9 Å². The van der Waals surface area contributed by atoms with Gasteiger partial charge in [0, 0.05) is 24.4 Å². The first kappa shape index (κ1) is 8.76. The van der Waals surface area contributed by atoms with E-state index in [1.807, 2.05) is 0 Å². The van der Waals surface area contributed by atoms with Gasteiger partial charge < -0.3 is 4.74 Å². The fourth-order valence-electron chi connectivity index (χ4n) is 1.03. The zero-order chi connectivity index (χ0) is 11.5. The van der Waals surface area contributed by atoms with Crippen LogP contribution in [0.2, 0.25) is 0 Å². The Labute approximate surface area is 84.5 Å². The van der Waals surface area contributed by atoms with Crippen molar-refractivity contribution in [1.29, 1.82) is 0 Å². The summed E-state index contributed by atoms with van der Waals surface area (Å²) in [4.78, 5) is 14.8. The van der Waals surface area contributed by atoms with Crippen LogP contribution in [0.25, 0.3) is 0 Å². The fraction of sp³-hybridized carbons (Fsp3) is 0.273. The monoisotopic (exact) mass is 190 g/mol. The maximum atomic E-state index is 10.8. The number of terminal acetylenes is 1. The summed E-state index contributed by atoms with van der Waals surface area (Å²) in [6, 6.07) is 3.27. The summed E-state index contributed by atoms with van der Waals surface area (Å²) in [7, 11) is 0. The molecule has 0 aliphatic rings. The van der Waals surface area contributed by atoms with Crippen LogP contribution < -0.4 is 0 Å². The number of rotatable bonds is 2. The number of hydrogen-bond donors (Lipinski definition) is 0. The summed E-state index contributed by atoms with van der Waals surface area (Å²) in [5, 5.41) is 0. The Morgan fingerprint density at radius 2 is 2.57 bits per heavy atom. The Hall–Kier alpha value is -1.82. The number of esters is 1. The second-order valence-electron chi connectivity index (χ2n) is 2.70. The van der Waals surface area contributed by atoms with Crippen LogP contribution in [0.5, 0.6) is 0 Å². The van der Waals surface area contributed by atoms with Crippen molar-refractivity contribution in [3.8, 4) is 12.3 Å². The Morgan fingerprint density at radius 1 is 1.86 bits per heavy atom. The summed E-state index contributed by atoms with van der Waals surface area (Å²) >= 11 is 0. The summed E-state index contributed by atoms with van der Waals surface area (Å²) < 4.78 is 12.7. The number of pyridine rings is 1. The van der Waals surface area contributed by atoms with Gasteiger partial charge in [-0.1, -0.05) is 12.0 Å². The van der Waals surface area contributed by atoms with Crippen LogP contribution in [0, 0.1) is 19.3 Å². The van der Waals surface area contributed by atoms with Gasteiger partial charge >= 0.3 is 5.97 Å². The lowest BCUT2D eigenvalue weighted by Crippen LogP contribution is -2.08. The van der Waals surface area contributed by atoms with Crippen LogP contribution in [-0.2, 0) is 9.53 Å². The summed E-state index contributed by atoms with van der Waals surface area (Å²) in [6.45, 7) is 2.92. The van der Waals surface area contributed by atoms with Gasteiger partial charge in [0.05, 0.1) is 1.37 Å². The quantitative estimate of drug-likeness (QED) is 0.525. The highest BCUT2D eigenvalue weighted by Crippen LogP contribution is 2.18. The van der Waals surface area contributed by atoms with Gasteiger partial charge in [-0.25, -0.2) is 0 Å². The van der Waals surface area contributed by atoms with Crippen molar-refractivity contribution >= 4 is 5.97 Å². The normalized spacial score (nSPS) is 14.8. The number of aromatic nitrogens is 1. The molecule has 0 N–H and O–H groups in total. The molecule has 3 nitrogen and oxygen atoms in total. The number of nitrogens with zero attached hydrogens (tertiary/aromatic N) is 1. The maximum absolute atomic E-state index is 10.8. The van der Waals surface area contributed by atoms with E-state index in [1.165, 1.54) is 6.92 Å². The van der Waals surface area contributed by atoms with E-state index < -0.39 is 12.0 Å². The van der Waals surface area contributed by atoms with Gasteiger partial charge in [0.25, 0.3) is 0 Å². The molecule has 1 atom stereocenters. The van der Waals surface area contributed by atoms with Crippen molar-refractivity contribution in [2.24, 2.45) is 0 Å². The molecule has 1 aromatic heterocycles. The molecule has 3 heteroatoms. The molecule has 0 fully saturated rings. The largest absolute Gasteiger partial charge is 0.444 e. The highest BCUT2D eigenvalue weighted by molar-refractivity contribution is 5.66. The second-order valence-corrected chi connectivity index (χ2v) is 2.70. The zero-order valence-corrected chi connectivity index (χ0v) is 8.07.